The molecular weight excluding hydrogens is 629 g/mol. The fraction of sp³-hybridized carbons (Fsp3) is 0.364. The molecular formula is C33H35F3N8O4. The van der Waals surface area contributed by atoms with E-state index in [1.165, 1.54) is 26.1 Å². The minimum absolute atomic E-state index is 0.0327. The van der Waals surface area contributed by atoms with E-state index in [0.717, 1.165) is 48.6 Å². The number of fused-ring (bicyclic) bond motifs is 1. The third kappa shape index (κ3) is 6.37. The largest absolute Gasteiger partial charge is 0.440 e. The number of anilines is 1. The van der Waals surface area contributed by atoms with Crippen molar-refractivity contribution in [3.8, 4) is 11.4 Å². The lowest BCUT2D eigenvalue weighted by molar-refractivity contribution is -0.137. The van der Waals surface area contributed by atoms with Crippen molar-refractivity contribution in [2.75, 3.05) is 31.1 Å². The number of alkyl halides is 3. The van der Waals surface area contributed by atoms with E-state index in [9.17, 15) is 27.6 Å². The number of para-hydroxylation sites is 1. The second-order valence-electron chi connectivity index (χ2n) is 11.5. The maximum Gasteiger partial charge on any atom is 0.416 e. The highest BCUT2D eigenvalue weighted by Crippen LogP contribution is 2.30. The second kappa shape index (κ2) is 13.5. The zero-order valence-electron chi connectivity index (χ0n) is 26.5. The van der Waals surface area contributed by atoms with Gasteiger partial charge in [0.15, 0.2) is 17.9 Å². The van der Waals surface area contributed by atoms with Gasteiger partial charge in [-0.3, -0.25) is 23.2 Å². The summed E-state index contributed by atoms with van der Waals surface area (Å²) in [5.41, 5.74) is 0.249. The summed E-state index contributed by atoms with van der Waals surface area (Å²) in [4.78, 5) is 47.5. The van der Waals surface area contributed by atoms with Crippen LogP contribution in [0.4, 0.5) is 18.9 Å². The fourth-order valence-electron chi connectivity index (χ4n) is 5.97. The average molecular weight is 665 g/mol. The fourth-order valence-corrected chi connectivity index (χ4v) is 5.97. The smallest absolute Gasteiger partial charge is 0.416 e. The number of aryl methyl sites for hydroxylation is 1. The van der Waals surface area contributed by atoms with E-state index in [4.69, 9.17) is 4.74 Å². The summed E-state index contributed by atoms with van der Waals surface area (Å²) in [7, 11) is 0. The summed E-state index contributed by atoms with van der Waals surface area (Å²) in [5, 5.41) is 7.63. The topological polar surface area (TPSA) is 121 Å². The third-order valence-corrected chi connectivity index (χ3v) is 8.27. The van der Waals surface area contributed by atoms with E-state index in [0.29, 0.717) is 23.1 Å². The van der Waals surface area contributed by atoms with Gasteiger partial charge in [-0.1, -0.05) is 31.2 Å². The molecule has 0 spiro atoms. The van der Waals surface area contributed by atoms with E-state index >= 15 is 0 Å². The third-order valence-electron chi connectivity index (χ3n) is 8.27. The van der Waals surface area contributed by atoms with E-state index in [-0.39, 0.29) is 36.6 Å². The molecule has 1 aliphatic heterocycles. The predicted molar refractivity (Wildman–Crippen MR) is 173 cm³/mol. The molecule has 3 aromatic heterocycles. The van der Waals surface area contributed by atoms with Crippen LogP contribution in [0.3, 0.4) is 0 Å². The molecule has 0 aliphatic carbocycles. The van der Waals surface area contributed by atoms with E-state index in [2.05, 4.69) is 20.3 Å². The van der Waals surface area contributed by atoms with Crippen LogP contribution in [-0.2, 0) is 37.3 Å². The first-order chi connectivity index (χ1) is 23.1. The van der Waals surface area contributed by atoms with Gasteiger partial charge in [0.25, 0.3) is 5.56 Å². The van der Waals surface area contributed by atoms with Crippen LogP contribution in [0.1, 0.15) is 41.8 Å². The molecule has 5 aromatic rings. The van der Waals surface area contributed by atoms with Gasteiger partial charge in [-0.15, -0.1) is 0 Å². The lowest BCUT2D eigenvalue weighted by Crippen LogP contribution is -2.44. The Hall–Kier alpha value is -5.18. The standard InChI is InChI=1S/C33H35F3N8O4/c1-3-14-43-30(45)27-29(42(4-2)32(43)47)39-28(23-18-38-41(20-23)19-22-8-7-9-24(17-22)33(34,35)36)44(27)21-48-31(46)25-10-5-6-11-26(25)40-15-12-37-13-16-40/h5-11,17-18,20,37H,3-4,12-16,19,21H2,1-2H3. The molecule has 4 heterocycles. The molecule has 0 saturated carbocycles. The highest BCUT2D eigenvalue weighted by molar-refractivity contribution is 5.96. The second-order valence-corrected chi connectivity index (χ2v) is 11.5. The number of carbonyl (C=O) groups is 1. The summed E-state index contributed by atoms with van der Waals surface area (Å²) in [6.45, 7) is 6.65. The Bertz CT molecular complexity index is 2070. The molecule has 1 N–H and O–H groups in total. The molecule has 2 aromatic carbocycles. The van der Waals surface area contributed by atoms with Crippen LogP contribution in [0.2, 0.25) is 0 Å². The average Bonchev–Trinajstić information content (AvgIpc) is 3.70. The van der Waals surface area contributed by atoms with Crippen LogP contribution in [0.25, 0.3) is 22.6 Å². The number of hydrogen-bond donors (Lipinski definition) is 1. The van der Waals surface area contributed by atoms with Gasteiger partial charge in [0.2, 0.25) is 0 Å². The number of esters is 1. The lowest BCUT2D eigenvalue weighted by Gasteiger charge is -2.30. The Morgan fingerprint density at radius 2 is 1.77 bits per heavy atom. The van der Waals surface area contributed by atoms with Crippen molar-refractivity contribution in [1.82, 2.24) is 33.8 Å². The molecule has 0 bridgehead atoms. The van der Waals surface area contributed by atoms with Crippen LogP contribution in [0, 0.1) is 0 Å². The molecule has 1 fully saturated rings. The summed E-state index contributed by atoms with van der Waals surface area (Å²) in [5.74, 6) is -0.397. The number of nitrogens with zero attached hydrogens (tertiary/aromatic N) is 7. The highest BCUT2D eigenvalue weighted by Gasteiger charge is 2.30. The molecule has 0 unspecified atom stereocenters. The van der Waals surface area contributed by atoms with Crippen molar-refractivity contribution >= 4 is 22.8 Å². The van der Waals surface area contributed by atoms with Crippen molar-refractivity contribution in [2.45, 2.75) is 52.8 Å². The number of benzene rings is 2. The van der Waals surface area contributed by atoms with Crippen molar-refractivity contribution in [2.24, 2.45) is 0 Å². The van der Waals surface area contributed by atoms with E-state index in [1.54, 1.807) is 31.3 Å². The van der Waals surface area contributed by atoms with E-state index in [1.807, 2.05) is 19.1 Å². The SMILES string of the molecule is CCCn1c(=O)c2c(nc(-c3cnn(Cc4cccc(C(F)(F)F)c4)c3)n2COC(=O)c2ccccc2N2CCNCC2)n(CC)c1=O. The van der Waals surface area contributed by atoms with Crippen molar-refractivity contribution in [1.29, 1.82) is 0 Å². The highest BCUT2D eigenvalue weighted by atomic mass is 19.4. The number of piperazine rings is 1. The monoisotopic (exact) mass is 664 g/mol. The van der Waals surface area contributed by atoms with Crippen LogP contribution in [0.5, 0.6) is 0 Å². The van der Waals surface area contributed by atoms with Crippen LogP contribution in [0.15, 0.2) is 70.5 Å². The number of halogens is 3. The quantitative estimate of drug-likeness (QED) is 0.223. The van der Waals surface area contributed by atoms with Crippen LogP contribution < -0.4 is 21.5 Å². The van der Waals surface area contributed by atoms with Crippen molar-refractivity contribution in [3.63, 3.8) is 0 Å². The predicted octanol–water partition coefficient (Wildman–Crippen LogP) is 3.94. The molecule has 0 radical (unpaired) electrons. The van der Waals surface area contributed by atoms with Gasteiger partial charge in [0.05, 0.1) is 35.1 Å². The number of imidazole rings is 1. The number of carbonyl (C=O) groups excluding carboxylic acids is 1. The Labute approximate surface area is 273 Å². The molecule has 6 rings (SSSR count). The Kier molecular flexibility index (Phi) is 9.22. The van der Waals surface area contributed by atoms with E-state index < -0.39 is 35.7 Å². The molecule has 12 nitrogen and oxygen atoms in total. The maximum atomic E-state index is 13.8. The Balaban J connectivity index is 1.40. The van der Waals surface area contributed by atoms with Crippen molar-refractivity contribution < 1.29 is 22.7 Å². The normalized spacial score (nSPS) is 13.7. The van der Waals surface area contributed by atoms with Gasteiger partial charge in [0, 0.05) is 45.5 Å². The van der Waals surface area contributed by atoms with Crippen molar-refractivity contribution in [3.05, 3.63) is 98.5 Å². The molecule has 48 heavy (non-hydrogen) atoms. The van der Waals surface area contributed by atoms with Gasteiger partial charge in [-0.25, -0.2) is 14.6 Å². The number of ether oxygens (including phenoxy) is 1. The van der Waals surface area contributed by atoms with Gasteiger partial charge in [0.1, 0.15) is 5.82 Å². The molecule has 0 amide bonds. The number of rotatable bonds is 10. The summed E-state index contributed by atoms with van der Waals surface area (Å²) >= 11 is 0. The minimum Gasteiger partial charge on any atom is -0.440 e. The van der Waals surface area contributed by atoms with Gasteiger partial charge in [-0.05, 0) is 43.2 Å². The first-order valence-corrected chi connectivity index (χ1v) is 15.7. The van der Waals surface area contributed by atoms with Crippen LogP contribution >= 0.6 is 0 Å². The Morgan fingerprint density at radius 3 is 2.50 bits per heavy atom. The number of hydrogen-bond acceptors (Lipinski definition) is 8. The molecule has 0 atom stereocenters. The zero-order chi connectivity index (χ0) is 34.0. The zero-order valence-corrected chi connectivity index (χ0v) is 26.5. The number of aromatic nitrogens is 6. The van der Waals surface area contributed by atoms with Crippen LogP contribution in [-0.4, -0.2) is 60.6 Å². The first-order valence-electron chi connectivity index (χ1n) is 15.7. The summed E-state index contributed by atoms with van der Waals surface area (Å²) in [6.07, 6.45) is -0.908. The van der Waals surface area contributed by atoms with Gasteiger partial charge < -0.3 is 15.0 Å². The molecule has 15 heteroatoms. The maximum absolute atomic E-state index is 13.8. The summed E-state index contributed by atoms with van der Waals surface area (Å²) in [6, 6.07) is 12.1. The molecule has 1 saturated heterocycles. The lowest BCUT2D eigenvalue weighted by atomic mass is 10.1. The number of nitrogens with one attached hydrogen (secondary N) is 1. The first kappa shape index (κ1) is 32.7. The molecule has 252 valence electrons. The van der Waals surface area contributed by atoms with Gasteiger partial charge >= 0.3 is 17.8 Å². The Morgan fingerprint density at radius 1 is 1.00 bits per heavy atom. The minimum atomic E-state index is -4.49. The molecule has 1 aliphatic rings. The summed E-state index contributed by atoms with van der Waals surface area (Å²) < 4.78 is 51.2. The van der Waals surface area contributed by atoms with Gasteiger partial charge in [-0.2, -0.15) is 18.3 Å².